The van der Waals surface area contributed by atoms with Crippen molar-refractivity contribution < 1.29 is 0 Å². The largest absolute Gasteiger partial charge is 0.328 e. The summed E-state index contributed by atoms with van der Waals surface area (Å²) in [5.41, 5.74) is 9.49. The molecule has 0 radical (unpaired) electrons. The zero-order valence-corrected chi connectivity index (χ0v) is 13.3. The number of para-hydroxylation sites is 1. The highest BCUT2D eigenvalue weighted by atomic mass is 32.2. The fraction of sp³-hybridized carbons (Fsp3) is 0.438. The number of nitrogens with two attached hydrogens (primary N) is 1. The van der Waals surface area contributed by atoms with E-state index in [1.54, 1.807) is 0 Å². The monoisotopic (exact) mass is 289 g/mol. The summed E-state index contributed by atoms with van der Waals surface area (Å²) in [6.45, 7) is 6.33. The lowest BCUT2D eigenvalue weighted by Gasteiger charge is -2.10. The topological polar surface area (TPSA) is 43.8 Å². The number of thioether (sulfide) groups is 1. The lowest BCUT2D eigenvalue weighted by molar-refractivity contribution is 0.718. The summed E-state index contributed by atoms with van der Waals surface area (Å²) in [6, 6.07) is 10.5. The van der Waals surface area contributed by atoms with Gasteiger partial charge in [-0.1, -0.05) is 25.1 Å². The lowest BCUT2D eigenvalue weighted by atomic mass is 10.1. The summed E-state index contributed by atoms with van der Waals surface area (Å²) >= 11 is 1.88. The highest BCUT2D eigenvalue weighted by molar-refractivity contribution is 7.99. The van der Waals surface area contributed by atoms with Gasteiger partial charge in [-0.25, -0.2) is 4.68 Å². The molecule has 1 aromatic carbocycles. The first-order valence-electron chi connectivity index (χ1n) is 7.15. The first kappa shape index (κ1) is 15.1. The summed E-state index contributed by atoms with van der Waals surface area (Å²) < 4.78 is 2.06. The van der Waals surface area contributed by atoms with Crippen LogP contribution in [0.15, 0.2) is 35.4 Å². The average molecular weight is 289 g/mol. The second kappa shape index (κ2) is 6.95. The van der Waals surface area contributed by atoms with Crippen molar-refractivity contribution in [2.24, 2.45) is 5.73 Å². The molecule has 2 rings (SSSR count). The number of aryl methyl sites for hydroxylation is 1. The zero-order chi connectivity index (χ0) is 14.5. The van der Waals surface area contributed by atoms with Gasteiger partial charge in [-0.15, -0.1) is 11.8 Å². The first-order valence-corrected chi connectivity index (χ1v) is 8.14. The van der Waals surface area contributed by atoms with Crippen molar-refractivity contribution in [1.82, 2.24) is 9.78 Å². The van der Waals surface area contributed by atoms with Gasteiger partial charge in [-0.2, -0.15) is 5.10 Å². The minimum absolute atomic E-state index is 0.156. The van der Waals surface area contributed by atoms with Crippen molar-refractivity contribution in [2.45, 2.75) is 44.7 Å². The number of aromatic nitrogens is 2. The molecule has 0 saturated carbocycles. The molecule has 0 aliphatic heterocycles. The molecule has 1 heterocycles. The van der Waals surface area contributed by atoms with Crippen molar-refractivity contribution in [3.8, 4) is 5.69 Å². The van der Waals surface area contributed by atoms with Crippen LogP contribution in [-0.4, -0.2) is 21.6 Å². The molecule has 2 N–H and O–H groups in total. The fourth-order valence-corrected chi connectivity index (χ4v) is 3.26. The van der Waals surface area contributed by atoms with Gasteiger partial charge >= 0.3 is 0 Å². The Bertz CT molecular complexity index is 546. The maximum atomic E-state index is 5.99. The molecule has 108 valence electrons. The molecule has 0 spiro atoms. The molecular formula is C16H23N3S. The second-order valence-corrected chi connectivity index (χ2v) is 6.23. The molecule has 1 unspecified atom stereocenters. The molecule has 0 amide bonds. The summed E-state index contributed by atoms with van der Waals surface area (Å²) in [5.74, 6) is 1.10. The van der Waals surface area contributed by atoms with Crippen LogP contribution in [0.2, 0.25) is 0 Å². The van der Waals surface area contributed by atoms with E-state index in [2.05, 4.69) is 30.7 Å². The molecule has 20 heavy (non-hydrogen) atoms. The third-order valence-corrected chi connectivity index (χ3v) is 4.41. The molecular weight excluding hydrogens is 266 g/mol. The van der Waals surface area contributed by atoms with Crippen molar-refractivity contribution in [1.29, 1.82) is 0 Å². The minimum Gasteiger partial charge on any atom is -0.328 e. The Morgan fingerprint density at radius 2 is 2.00 bits per heavy atom. The number of rotatable bonds is 6. The van der Waals surface area contributed by atoms with Crippen LogP contribution >= 0.6 is 11.8 Å². The Hall–Kier alpha value is -1.26. The number of hydrogen-bond acceptors (Lipinski definition) is 3. The number of nitrogens with zero attached hydrogens (tertiary/aromatic N) is 2. The van der Waals surface area contributed by atoms with Crippen molar-refractivity contribution in [3.63, 3.8) is 0 Å². The van der Waals surface area contributed by atoms with E-state index < -0.39 is 0 Å². The van der Waals surface area contributed by atoms with Crippen LogP contribution in [0.1, 0.15) is 31.5 Å². The lowest BCUT2D eigenvalue weighted by Crippen LogP contribution is -2.18. The van der Waals surface area contributed by atoms with E-state index >= 15 is 0 Å². The Balaban J connectivity index is 2.45. The normalized spacial score (nSPS) is 12.6. The van der Waals surface area contributed by atoms with Crippen molar-refractivity contribution in [2.75, 3.05) is 5.75 Å². The molecule has 1 aromatic heterocycles. The van der Waals surface area contributed by atoms with Gasteiger partial charge in [0.05, 0.1) is 11.4 Å². The molecule has 0 fully saturated rings. The molecule has 0 saturated heterocycles. The molecule has 0 bridgehead atoms. The minimum atomic E-state index is 0.156. The van der Waals surface area contributed by atoms with Crippen molar-refractivity contribution in [3.05, 3.63) is 41.6 Å². The number of benzene rings is 1. The molecule has 2 aromatic rings. The predicted octanol–water partition coefficient (Wildman–Crippen LogP) is 3.57. The molecule has 0 aliphatic carbocycles. The Kier molecular flexibility index (Phi) is 5.26. The molecule has 0 aliphatic rings. The third kappa shape index (κ3) is 3.44. The zero-order valence-electron chi connectivity index (χ0n) is 12.5. The van der Waals surface area contributed by atoms with Gasteiger partial charge in [-0.3, -0.25) is 0 Å². The third-order valence-electron chi connectivity index (χ3n) is 3.11. The average Bonchev–Trinajstić information content (AvgIpc) is 2.74. The van der Waals surface area contributed by atoms with Crippen LogP contribution < -0.4 is 5.73 Å². The van der Waals surface area contributed by atoms with E-state index in [0.717, 1.165) is 30.0 Å². The Morgan fingerprint density at radius 1 is 1.30 bits per heavy atom. The van der Waals surface area contributed by atoms with Gasteiger partial charge in [0.25, 0.3) is 0 Å². The molecule has 4 heteroatoms. The van der Waals surface area contributed by atoms with E-state index in [0.29, 0.717) is 0 Å². The summed E-state index contributed by atoms with van der Waals surface area (Å²) in [7, 11) is 0. The van der Waals surface area contributed by atoms with Gasteiger partial charge in [0, 0.05) is 11.6 Å². The van der Waals surface area contributed by atoms with Crippen LogP contribution in [0.4, 0.5) is 0 Å². The van der Waals surface area contributed by atoms with Gasteiger partial charge in [-0.05, 0) is 44.6 Å². The van der Waals surface area contributed by atoms with Crippen molar-refractivity contribution >= 4 is 11.8 Å². The summed E-state index contributed by atoms with van der Waals surface area (Å²) in [6.07, 6.45) is 2.03. The van der Waals surface area contributed by atoms with Gasteiger partial charge < -0.3 is 5.73 Å². The van der Waals surface area contributed by atoms with Crippen LogP contribution in [0.25, 0.3) is 5.69 Å². The molecule has 1 atom stereocenters. The highest BCUT2D eigenvalue weighted by Gasteiger charge is 2.17. The second-order valence-electron chi connectivity index (χ2n) is 5.15. The summed E-state index contributed by atoms with van der Waals surface area (Å²) in [5, 5.41) is 5.97. The van der Waals surface area contributed by atoms with E-state index in [4.69, 9.17) is 10.8 Å². The molecule has 3 nitrogen and oxygen atoms in total. The standard InChI is InChI=1S/C16H23N3S/c1-4-10-20-16-15(11-12(2)17)13(3)18-19(16)14-8-6-5-7-9-14/h5-9,12H,4,10-11,17H2,1-3H3. The fourth-order valence-electron chi connectivity index (χ4n) is 2.19. The van der Waals surface area contributed by atoms with E-state index in [-0.39, 0.29) is 6.04 Å². The Labute approximate surface area is 125 Å². The summed E-state index contributed by atoms with van der Waals surface area (Å²) in [4.78, 5) is 0. The number of hydrogen-bond donors (Lipinski definition) is 1. The first-order chi connectivity index (χ1) is 9.63. The Morgan fingerprint density at radius 3 is 2.60 bits per heavy atom. The SMILES string of the molecule is CCCSc1c(CC(C)N)c(C)nn1-c1ccccc1. The van der Waals surface area contributed by atoms with E-state index in [9.17, 15) is 0 Å². The predicted molar refractivity (Wildman–Crippen MR) is 86.7 cm³/mol. The van der Waals surface area contributed by atoms with E-state index in [1.165, 1.54) is 10.6 Å². The highest BCUT2D eigenvalue weighted by Crippen LogP contribution is 2.29. The quantitative estimate of drug-likeness (QED) is 0.827. The van der Waals surface area contributed by atoms with Gasteiger partial charge in [0.1, 0.15) is 5.03 Å². The van der Waals surface area contributed by atoms with Crippen LogP contribution in [-0.2, 0) is 6.42 Å². The van der Waals surface area contributed by atoms with Gasteiger partial charge in [0.2, 0.25) is 0 Å². The van der Waals surface area contributed by atoms with Crippen LogP contribution in [0.3, 0.4) is 0 Å². The van der Waals surface area contributed by atoms with Crippen LogP contribution in [0, 0.1) is 6.92 Å². The van der Waals surface area contributed by atoms with E-state index in [1.807, 2.05) is 36.9 Å². The van der Waals surface area contributed by atoms with Crippen LogP contribution in [0.5, 0.6) is 0 Å². The smallest absolute Gasteiger partial charge is 0.103 e. The van der Waals surface area contributed by atoms with Gasteiger partial charge in [0.15, 0.2) is 0 Å². The maximum absolute atomic E-state index is 5.99. The maximum Gasteiger partial charge on any atom is 0.103 e.